The number of rotatable bonds is 6. The number of Topliss-reactive ketones (excluding diaryl/α,β-unsaturated/α-hetero) is 1. The van der Waals surface area contributed by atoms with Gasteiger partial charge < -0.3 is 19.8 Å². The lowest BCUT2D eigenvalue weighted by molar-refractivity contribution is 0.0512. The number of hydrogen-bond acceptors (Lipinski definition) is 4. The maximum Gasteiger partial charge on any atom is 0.268 e. The van der Waals surface area contributed by atoms with Crippen LogP contribution in [0.1, 0.15) is 70.0 Å². The van der Waals surface area contributed by atoms with Crippen molar-refractivity contribution < 1.29 is 19.1 Å². The first kappa shape index (κ1) is 19.0. The molecule has 0 aromatic carbocycles. The third-order valence-corrected chi connectivity index (χ3v) is 4.44. The molecule has 6 heteroatoms. The van der Waals surface area contributed by atoms with Gasteiger partial charge in [0.2, 0.25) is 0 Å². The van der Waals surface area contributed by atoms with E-state index < -0.39 is 5.60 Å². The van der Waals surface area contributed by atoms with Crippen LogP contribution in [0.25, 0.3) is 0 Å². The molecule has 0 saturated heterocycles. The van der Waals surface area contributed by atoms with E-state index in [-0.39, 0.29) is 18.2 Å². The molecule has 0 unspecified atom stereocenters. The first-order chi connectivity index (χ1) is 11.6. The summed E-state index contributed by atoms with van der Waals surface area (Å²) < 4.78 is 5.46. The van der Waals surface area contributed by atoms with E-state index in [1.54, 1.807) is 26.8 Å². The van der Waals surface area contributed by atoms with Crippen LogP contribution in [0.3, 0.4) is 0 Å². The highest BCUT2D eigenvalue weighted by atomic mass is 16.3. The van der Waals surface area contributed by atoms with Crippen LogP contribution in [0.4, 0.5) is 0 Å². The van der Waals surface area contributed by atoms with Crippen molar-refractivity contribution >= 4 is 11.7 Å². The maximum atomic E-state index is 12.6. The summed E-state index contributed by atoms with van der Waals surface area (Å²) in [6, 6.07) is 1.77. The Morgan fingerprint density at radius 3 is 2.44 bits per heavy atom. The Labute approximate surface area is 147 Å². The van der Waals surface area contributed by atoms with Gasteiger partial charge in [0.25, 0.3) is 5.91 Å². The second-order valence-electron chi connectivity index (χ2n) is 6.67. The summed E-state index contributed by atoms with van der Waals surface area (Å²) in [4.78, 5) is 27.4. The molecule has 0 aliphatic carbocycles. The molecule has 0 fully saturated rings. The Hall–Kier alpha value is -2.34. The Morgan fingerprint density at radius 2 is 1.96 bits per heavy atom. The molecule has 3 N–H and O–H groups in total. The molecule has 0 bridgehead atoms. The lowest BCUT2D eigenvalue weighted by Crippen LogP contribution is -2.39. The molecule has 0 radical (unpaired) electrons. The number of ketones is 1. The highest BCUT2D eigenvalue weighted by Crippen LogP contribution is 2.27. The van der Waals surface area contributed by atoms with Crippen molar-refractivity contribution in [2.24, 2.45) is 0 Å². The summed E-state index contributed by atoms with van der Waals surface area (Å²) in [5, 5.41) is 13.5. The summed E-state index contributed by atoms with van der Waals surface area (Å²) in [6.45, 7) is 10.4. The highest BCUT2D eigenvalue weighted by Gasteiger charge is 2.29. The van der Waals surface area contributed by atoms with Gasteiger partial charge in [0.1, 0.15) is 22.8 Å². The fourth-order valence-electron chi connectivity index (χ4n) is 3.30. The van der Waals surface area contributed by atoms with Crippen molar-refractivity contribution in [2.75, 3.05) is 6.54 Å². The predicted molar refractivity (Wildman–Crippen MR) is 95.0 cm³/mol. The standard InChI is InChI=1S/C19H26N2O4/c1-7-14-16(12(4)22)11(3)21-17(14)18(23)20-9-19(6,24)15-8-10(2)25-13(15)5/h8,21,24H,7,9H2,1-6H3,(H,20,23)/t19-/m1/s1. The molecule has 1 amide bonds. The molecule has 2 aromatic rings. The third kappa shape index (κ3) is 3.69. The second kappa shape index (κ2) is 6.88. The van der Waals surface area contributed by atoms with Crippen molar-refractivity contribution in [3.8, 4) is 0 Å². The van der Waals surface area contributed by atoms with Gasteiger partial charge in [-0.25, -0.2) is 0 Å². The Bertz CT molecular complexity index is 812. The number of furan rings is 1. The van der Waals surface area contributed by atoms with Crippen LogP contribution in [0, 0.1) is 20.8 Å². The molecule has 2 heterocycles. The average Bonchev–Trinajstić information content (AvgIpc) is 3.04. The smallest absolute Gasteiger partial charge is 0.268 e. The van der Waals surface area contributed by atoms with E-state index in [2.05, 4.69) is 10.3 Å². The maximum absolute atomic E-state index is 12.6. The number of hydrogen-bond donors (Lipinski definition) is 3. The number of carbonyl (C=O) groups is 2. The summed E-state index contributed by atoms with van der Waals surface area (Å²) >= 11 is 0. The minimum absolute atomic E-state index is 0.0300. The number of aliphatic hydroxyl groups is 1. The number of carbonyl (C=O) groups excluding carboxylic acids is 2. The Kier molecular flexibility index (Phi) is 5.23. The molecule has 25 heavy (non-hydrogen) atoms. The lowest BCUT2D eigenvalue weighted by Gasteiger charge is -2.23. The van der Waals surface area contributed by atoms with E-state index in [9.17, 15) is 14.7 Å². The van der Waals surface area contributed by atoms with E-state index in [4.69, 9.17) is 4.42 Å². The molecule has 2 rings (SSSR count). The van der Waals surface area contributed by atoms with Crippen LogP contribution >= 0.6 is 0 Å². The molecular weight excluding hydrogens is 320 g/mol. The van der Waals surface area contributed by atoms with Crippen molar-refractivity contribution in [3.05, 3.63) is 45.7 Å². The van der Waals surface area contributed by atoms with Crippen molar-refractivity contribution in [3.63, 3.8) is 0 Å². The normalized spacial score (nSPS) is 13.6. The summed E-state index contributed by atoms with van der Waals surface area (Å²) in [5.41, 5.74) is 1.73. The Morgan fingerprint density at radius 1 is 1.32 bits per heavy atom. The Balaban J connectivity index is 2.22. The largest absolute Gasteiger partial charge is 0.466 e. The van der Waals surface area contributed by atoms with E-state index in [1.165, 1.54) is 6.92 Å². The number of amides is 1. The van der Waals surface area contributed by atoms with Crippen molar-refractivity contribution in [1.82, 2.24) is 10.3 Å². The second-order valence-corrected chi connectivity index (χ2v) is 6.67. The van der Waals surface area contributed by atoms with Gasteiger partial charge in [0, 0.05) is 16.8 Å². The van der Waals surface area contributed by atoms with Crippen molar-refractivity contribution in [1.29, 1.82) is 0 Å². The fraction of sp³-hybridized carbons (Fsp3) is 0.474. The quantitative estimate of drug-likeness (QED) is 0.701. The first-order valence-corrected chi connectivity index (χ1v) is 8.39. The fourth-order valence-corrected chi connectivity index (χ4v) is 3.30. The third-order valence-electron chi connectivity index (χ3n) is 4.44. The zero-order valence-electron chi connectivity index (χ0n) is 15.7. The van der Waals surface area contributed by atoms with Gasteiger partial charge >= 0.3 is 0 Å². The first-order valence-electron chi connectivity index (χ1n) is 8.39. The van der Waals surface area contributed by atoms with E-state index >= 15 is 0 Å². The average molecular weight is 346 g/mol. The van der Waals surface area contributed by atoms with E-state index in [0.29, 0.717) is 46.0 Å². The number of aryl methyl sites for hydroxylation is 3. The molecular formula is C19H26N2O4. The minimum atomic E-state index is -1.26. The molecule has 0 spiro atoms. The number of nitrogens with one attached hydrogen (secondary N) is 2. The van der Waals surface area contributed by atoms with Gasteiger partial charge in [-0.05, 0) is 52.7 Å². The molecule has 0 aliphatic heterocycles. The summed E-state index contributed by atoms with van der Waals surface area (Å²) in [5.74, 6) is 0.922. The zero-order chi connectivity index (χ0) is 18.9. The van der Waals surface area contributed by atoms with Crippen molar-refractivity contribution in [2.45, 2.75) is 53.6 Å². The zero-order valence-corrected chi connectivity index (χ0v) is 15.7. The molecule has 6 nitrogen and oxygen atoms in total. The van der Waals surface area contributed by atoms with Crippen LogP contribution in [0.2, 0.25) is 0 Å². The van der Waals surface area contributed by atoms with E-state index in [1.807, 2.05) is 13.8 Å². The minimum Gasteiger partial charge on any atom is -0.466 e. The van der Waals surface area contributed by atoms with Gasteiger partial charge in [-0.15, -0.1) is 0 Å². The number of aromatic amines is 1. The molecule has 2 aromatic heterocycles. The van der Waals surface area contributed by atoms with Gasteiger partial charge in [-0.2, -0.15) is 0 Å². The topological polar surface area (TPSA) is 95.3 Å². The van der Waals surface area contributed by atoms with Gasteiger partial charge in [-0.1, -0.05) is 6.92 Å². The molecule has 1 atom stereocenters. The van der Waals surface area contributed by atoms with Gasteiger partial charge in [0.15, 0.2) is 5.78 Å². The summed E-state index contributed by atoms with van der Waals surface area (Å²) in [6.07, 6.45) is 0.568. The van der Waals surface area contributed by atoms with Crippen LogP contribution in [-0.2, 0) is 12.0 Å². The monoisotopic (exact) mass is 346 g/mol. The van der Waals surface area contributed by atoms with Crippen LogP contribution in [0.5, 0.6) is 0 Å². The lowest BCUT2D eigenvalue weighted by atomic mass is 9.96. The van der Waals surface area contributed by atoms with Gasteiger partial charge in [-0.3, -0.25) is 9.59 Å². The molecule has 0 saturated carbocycles. The number of H-pyrrole nitrogens is 1. The molecule has 136 valence electrons. The predicted octanol–water partition coefficient (Wildman–Crippen LogP) is 2.94. The molecule has 0 aliphatic rings. The number of aromatic nitrogens is 1. The van der Waals surface area contributed by atoms with Crippen LogP contribution < -0.4 is 5.32 Å². The highest BCUT2D eigenvalue weighted by molar-refractivity contribution is 6.02. The SMILES string of the molecule is CCc1c(C(=O)NC[C@@](C)(O)c2cc(C)oc2C)[nH]c(C)c1C(C)=O. The van der Waals surface area contributed by atoms with Gasteiger partial charge in [0.05, 0.1) is 6.54 Å². The van der Waals surface area contributed by atoms with E-state index in [0.717, 1.165) is 0 Å². The van der Waals surface area contributed by atoms with Crippen LogP contribution in [0.15, 0.2) is 10.5 Å². The van der Waals surface area contributed by atoms with Crippen LogP contribution in [-0.4, -0.2) is 28.3 Å². The summed E-state index contributed by atoms with van der Waals surface area (Å²) in [7, 11) is 0.